The van der Waals surface area contributed by atoms with Gasteiger partial charge in [0.25, 0.3) is 5.91 Å². The average molecular weight is 262 g/mol. The molecular formula is C15H22N2O2. The quantitative estimate of drug-likeness (QED) is 0.853. The summed E-state index contributed by atoms with van der Waals surface area (Å²) in [4.78, 5) is 14.2. The molecule has 19 heavy (non-hydrogen) atoms. The molecule has 2 rings (SSSR count). The maximum Gasteiger partial charge on any atom is 0.251 e. The van der Waals surface area contributed by atoms with E-state index >= 15 is 0 Å². The molecule has 1 amide bonds. The van der Waals surface area contributed by atoms with Gasteiger partial charge in [0.1, 0.15) is 5.75 Å². The van der Waals surface area contributed by atoms with E-state index < -0.39 is 0 Å². The predicted molar refractivity (Wildman–Crippen MR) is 75.3 cm³/mol. The highest BCUT2D eigenvalue weighted by Crippen LogP contribution is 2.21. The molecule has 2 N–H and O–H groups in total. The van der Waals surface area contributed by atoms with Crippen molar-refractivity contribution in [1.82, 2.24) is 10.2 Å². The van der Waals surface area contributed by atoms with E-state index in [0.29, 0.717) is 18.2 Å². The van der Waals surface area contributed by atoms with Crippen molar-refractivity contribution < 1.29 is 9.90 Å². The largest absolute Gasteiger partial charge is 0.508 e. The number of likely N-dealkylation sites (N-methyl/N-ethyl adjacent to an activating group) is 1. The highest BCUT2D eigenvalue weighted by molar-refractivity contribution is 5.94. The summed E-state index contributed by atoms with van der Waals surface area (Å²) in [6.45, 7) is 1.51. The highest BCUT2D eigenvalue weighted by atomic mass is 16.3. The van der Waals surface area contributed by atoms with Crippen molar-refractivity contribution in [3.63, 3.8) is 0 Å². The van der Waals surface area contributed by atoms with Crippen LogP contribution in [-0.2, 0) is 0 Å². The molecule has 0 aliphatic heterocycles. The van der Waals surface area contributed by atoms with Crippen molar-refractivity contribution in [2.24, 2.45) is 0 Å². The van der Waals surface area contributed by atoms with Gasteiger partial charge in [-0.25, -0.2) is 0 Å². The predicted octanol–water partition coefficient (Wildman–Crippen LogP) is 2.00. The van der Waals surface area contributed by atoms with E-state index in [1.165, 1.54) is 31.7 Å². The van der Waals surface area contributed by atoms with Gasteiger partial charge in [0.15, 0.2) is 0 Å². The van der Waals surface area contributed by atoms with E-state index in [1.807, 2.05) is 0 Å². The van der Waals surface area contributed by atoms with E-state index in [1.54, 1.807) is 18.2 Å². The van der Waals surface area contributed by atoms with E-state index in [4.69, 9.17) is 0 Å². The van der Waals surface area contributed by atoms with Crippen molar-refractivity contribution in [2.75, 3.05) is 20.1 Å². The molecule has 1 aliphatic carbocycles. The molecular weight excluding hydrogens is 240 g/mol. The van der Waals surface area contributed by atoms with Crippen molar-refractivity contribution >= 4 is 5.91 Å². The summed E-state index contributed by atoms with van der Waals surface area (Å²) >= 11 is 0. The van der Waals surface area contributed by atoms with Crippen LogP contribution >= 0.6 is 0 Å². The Balaban J connectivity index is 1.74. The van der Waals surface area contributed by atoms with Gasteiger partial charge in [0, 0.05) is 24.7 Å². The third kappa shape index (κ3) is 3.96. The van der Waals surface area contributed by atoms with Crippen LogP contribution in [0.4, 0.5) is 0 Å². The van der Waals surface area contributed by atoms with Crippen molar-refractivity contribution in [2.45, 2.75) is 31.7 Å². The van der Waals surface area contributed by atoms with Crippen LogP contribution in [0.25, 0.3) is 0 Å². The number of carbonyl (C=O) groups is 1. The lowest BCUT2D eigenvalue weighted by molar-refractivity contribution is 0.0946. The van der Waals surface area contributed by atoms with Gasteiger partial charge in [0.2, 0.25) is 0 Å². The molecule has 0 unspecified atom stereocenters. The summed E-state index contributed by atoms with van der Waals surface area (Å²) in [5, 5.41) is 12.2. The fraction of sp³-hybridized carbons (Fsp3) is 0.533. The Morgan fingerprint density at radius 2 is 2.16 bits per heavy atom. The number of aromatic hydroxyl groups is 1. The van der Waals surface area contributed by atoms with Gasteiger partial charge in [-0.2, -0.15) is 0 Å². The molecule has 0 aromatic heterocycles. The van der Waals surface area contributed by atoms with E-state index in [0.717, 1.165) is 6.54 Å². The first kappa shape index (κ1) is 13.9. The minimum absolute atomic E-state index is 0.121. The SMILES string of the molecule is CN(CCNC(=O)c1cccc(O)c1)C1CCCC1. The first-order chi connectivity index (χ1) is 9.16. The lowest BCUT2D eigenvalue weighted by Gasteiger charge is -2.23. The Hall–Kier alpha value is -1.55. The van der Waals surface area contributed by atoms with E-state index in [-0.39, 0.29) is 11.7 Å². The number of phenols is 1. The van der Waals surface area contributed by atoms with Gasteiger partial charge >= 0.3 is 0 Å². The van der Waals surface area contributed by atoms with Crippen LogP contribution in [0.1, 0.15) is 36.0 Å². The van der Waals surface area contributed by atoms with Crippen LogP contribution in [0, 0.1) is 0 Å². The summed E-state index contributed by atoms with van der Waals surface area (Å²) < 4.78 is 0. The molecule has 0 atom stereocenters. The van der Waals surface area contributed by atoms with Gasteiger partial charge in [-0.15, -0.1) is 0 Å². The standard InChI is InChI=1S/C15H22N2O2/c1-17(13-6-2-3-7-13)10-9-16-15(19)12-5-4-8-14(18)11-12/h4-5,8,11,13,18H,2-3,6-7,9-10H2,1H3,(H,16,19). The second kappa shape index (κ2) is 6.57. The van der Waals surface area contributed by atoms with Crippen LogP contribution in [0.5, 0.6) is 5.75 Å². The van der Waals surface area contributed by atoms with Crippen molar-refractivity contribution in [1.29, 1.82) is 0 Å². The smallest absolute Gasteiger partial charge is 0.251 e. The fourth-order valence-corrected chi connectivity index (χ4v) is 2.62. The number of rotatable bonds is 5. The number of amides is 1. The van der Waals surface area contributed by atoms with Gasteiger partial charge in [-0.05, 0) is 38.1 Å². The second-order valence-corrected chi connectivity index (χ2v) is 5.23. The fourth-order valence-electron chi connectivity index (χ4n) is 2.62. The van der Waals surface area contributed by atoms with Crippen LogP contribution in [0.2, 0.25) is 0 Å². The molecule has 0 spiro atoms. The first-order valence-corrected chi connectivity index (χ1v) is 6.94. The number of nitrogens with zero attached hydrogens (tertiary/aromatic N) is 1. The molecule has 1 fully saturated rings. The summed E-state index contributed by atoms with van der Waals surface area (Å²) in [5.74, 6) is -0.00792. The van der Waals surface area contributed by atoms with Crippen LogP contribution in [0.3, 0.4) is 0 Å². The molecule has 0 saturated heterocycles. The summed E-state index contributed by atoms with van der Waals surface area (Å²) in [5.41, 5.74) is 0.503. The number of hydrogen-bond acceptors (Lipinski definition) is 3. The zero-order chi connectivity index (χ0) is 13.7. The van der Waals surface area contributed by atoms with Gasteiger partial charge in [-0.1, -0.05) is 18.9 Å². The molecule has 1 aromatic rings. The van der Waals surface area contributed by atoms with Crippen LogP contribution in [-0.4, -0.2) is 42.1 Å². The lowest BCUT2D eigenvalue weighted by Crippen LogP contribution is -2.37. The molecule has 1 aromatic carbocycles. The van der Waals surface area contributed by atoms with Crippen molar-refractivity contribution in [3.05, 3.63) is 29.8 Å². The lowest BCUT2D eigenvalue weighted by atomic mass is 10.2. The first-order valence-electron chi connectivity index (χ1n) is 6.94. The molecule has 4 heteroatoms. The normalized spacial score (nSPS) is 15.9. The third-order valence-corrected chi connectivity index (χ3v) is 3.81. The van der Waals surface area contributed by atoms with Gasteiger partial charge < -0.3 is 15.3 Å². The molecule has 0 bridgehead atoms. The van der Waals surface area contributed by atoms with Crippen molar-refractivity contribution in [3.8, 4) is 5.75 Å². The minimum atomic E-state index is -0.129. The number of hydrogen-bond donors (Lipinski definition) is 2. The molecule has 104 valence electrons. The Morgan fingerprint density at radius 3 is 2.84 bits per heavy atom. The topological polar surface area (TPSA) is 52.6 Å². The van der Waals surface area contributed by atoms with E-state index in [2.05, 4.69) is 17.3 Å². The molecule has 0 heterocycles. The monoisotopic (exact) mass is 262 g/mol. The number of carbonyl (C=O) groups excluding carboxylic acids is 1. The summed E-state index contributed by atoms with van der Waals surface area (Å²) in [6, 6.07) is 7.10. The number of nitrogens with one attached hydrogen (secondary N) is 1. The van der Waals surface area contributed by atoms with Crippen LogP contribution in [0.15, 0.2) is 24.3 Å². The highest BCUT2D eigenvalue weighted by Gasteiger charge is 2.19. The number of phenolic OH excluding ortho intramolecular Hbond substituents is 1. The molecule has 1 aliphatic rings. The van der Waals surface area contributed by atoms with Gasteiger partial charge in [0.05, 0.1) is 0 Å². The molecule has 1 saturated carbocycles. The zero-order valence-corrected chi connectivity index (χ0v) is 11.4. The van der Waals surface area contributed by atoms with Gasteiger partial charge in [-0.3, -0.25) is 4.79 Å². The Morgan fingerprint density at radius 1 is 1.42 bits per heavy atom. The minimum Gasteiger partial charge on any atom is -0.508 e. The molecule has 0 radical (unpaired) electrons. The Labute approximate surface area is 114 Å². The average Bonchev–Trinajstić information content (AvgIpc) is 2.92. The maximum atomic E-state index is 11.9. The molecule has 4 nitrogen and oxygen atoms in total. The Bertz CT molecular complexity index is 428. The Kier molecular flexibility index (Phi) is 4.80. The second-order valence-electron chi connectivity index (χ2n) is 5.23. The zero-order valence-electron chi connectivity index (χ0n) is 11.4. The summed E-state index contributed by atoms with van der Waals surface area (Å²) in [6.07, 6.45) is 5.20. The maximum absolute atomic E-state index is 11.9. The number of benzene rings is 1. The third-order valence-electron chi connectivity index (χ3n) is 3.81. The summed E-state index contributed by atoms with van der Waals surface area (Å²) in [7, 11) is 2.12. The van der Waals surface area contributed by atoms with Crippen LogP contribution < -0.4 is 5.32 Å². The van der Waals surface area contributed by atoms with E-state index in [9.17, 15) is 9.90 Å².